The van der Waals surface area contributed by atoms with Gasteiger partial charge in [0.1, 0.15) is 11.6 Å². The number of ether oxygens (including phenoxy) is 1. The summed E-state index contributed by atoms with van der Waals surface area (Å²) in [6, 6.07) is 9.14. The Morgan fingerprint density at radius 2 is 1.81 bits per heavy atom. The van der Waals surface area contributed by atoms with Crippen LogP contribution in [0.4, 0.5) is 4.39 Å². The molecule has 3 aliphatic carbocycles. The molecule has 32 heavy (non-hydrogen) atoms. The number of benzene rings is 2. The van der Waals surface area contributed by atoms with E-state index in [-0.39, 0.29) is 40.8 Å². The highest BCUT2D eigenvalue weighted by molar-refractivity contribution is 6.42. The van der Waals surface area contributed by atoms with Gasteiger partial charge in [0, 0.05) is 23.7 Å². The minimum atomic E-state index is -0.604. The van der Waals surface area contributed by atoms with Crippen LogP contribution in [0.1, 0.15) is 24.8 Å². The van der Waals surface area contributed by atoms with Crippen LogP contribution in [0.3, 0.4) is 0 Å². The molecule has 9 heteroatoms. The third-order valence-electron chi connectivity index (χ3n) is 5.85. The molecule has 0 heterocycles. The van der Waals surface area contributed by atoms with Crippen molar-refractivity contribution in [3.05, 3.63) is 68.9 Å². The zero-order valence-corrected chi connectivity index (χ0v) is 19.1. The van der Waals surface area contributed by atoms with Crippen LogP contribution in [0.15, 0.2) is 42.5 Å². The number of hydrogen-bond donors (Lipinski definition) is 2. The van der Waals surface area contributed by atoms with E-state index in [1.165, 1.54) is 18.2 Å². The molecule has 0 radical (unpaired) electrons. The van der Waals surface area contributed by atoms with Gasteiger partial charge in [-0.2, -0.15) is 0 Å². The predicted molar refractivity (Wildman–Crippen MR) is 123 cm³/mol. The Labute approximate surface area is 199 Å². The number of fused-ring (bicyclic) bond motifs is 1. The minimum Gasteiger partial charge on any atom is -0.484 e. The molecule has 5 rings (SSSR count). The molecule has 1 unspecified atom stereocenters. The summed E-state index contributed by atoms with van der Waals surface area (Å²) in [6.45, 7) is -0.225. The lowest BCUT2D eigenvalue weighted by molar-refractivity contribution is -0.126. The van der Waals surface area contributed by atoms with Gasteiger partial charge in [0.15, 0.2) is 6.61 Å². The Morgan fingerprint density at radius 1 is 1.06 bits per heavy atom. The van der Waals surface area contributed by atoms with Gasteiger partial charge >= 0.3 is 0 Å². The number of carbonyl (C=O) groups excluding carboxylic acids is 2. The van der Waals surface area contributed by atoms with E-state index in [1.807, 2.05) is 0 Å². The Bertz CT molecular complexity index is 1090. The van der Waals surface area contributed by atoms with Crippen molar-refractivity contribution in [3.63, 3.8) is 0 Å². The highest BCUT2D eigenvalue weighted by atomic mass is 35.5. The lowest BCUT2D eigenvalue weighted by Gasteiger charge is -2.39. The summed E-state index contributed by atoms with van der Waals surface area (Å²) < 4.78 is 18.8. The number of amides is 2. The van der Waals surface area contributed by atoms with E-state index in [0.29, 0.717) is 22.4 Å². The van der Waals surface area contributed by atoms with Crippen molar-refractivity contribution >= 4 is 52.7 Å². The molecule has 2 bridgehead atoms. The molecule has 0 aliphatic heterocycles. The van der Waals surface area contributed by atoms with Gasteiger partial charge in [-0.3, -0.25) is 9.59 Å². The molecule has 2 amide bonds. The molecule has 2 aromatic rings. The first-order chi connectivity index (χ1) is 15.2. The summed E-state index contributed by atoms with van der Waals surface area (Å²) in [5.41, 5.74) is 0.441. The van der Waals surface area contributed by atoms with Gasteiger partial charge in [-0.25, -0.2) is 4.39 Å². The van der Waals surface area contributed by atoms with Gasteiger partial charge in [0.25, 0.3) is 5.91 Å². The van der Waals surface area contributed by atoms with Crippen LogP contribution >= 0.6 is 34.8 Å². The molecule has 2 aromatic carbocycles. The third-order valence-corrected chi connectivity index (χ3v) is 6.90. The van der Waals surface area contributed by atoms with Gasteiger partial charge < -0.3 is 15.4 Å². The molecule has 2 N–H and O–H groups in total. The van der Waals surface area contributed by atoms with Crippen LogP contribution in [-0.2, 0) is 9.59 Å². The Hall–Kier alpha value is -2.28. The van der Waals surface area contributed by atoms with Crippen LogP contribution < -0.4 is 15.4 Å². The van der Waals surface area contributed by atoms with Crippen molar-refractivity contribution in [1.29, 1.82) is 0 Å². The summed E-state index contributed by atoms with van der Waals surface area (Å²) in [6.07, 6.45) is 5.39. The fourth-order valence-electron chi connectivity index (χ4n) is 4.37. The SMILES string of the molecule is O=C(/C=C/c1ccc(Cl)c(Cl)c1)NC1CC2(NC(=O)COc3ccc(Cl)c(F)c3)CC1C2. The Morgan fingerprint density at radius 3 is 2.53 bits per heavy atom. The maximum Gasteiger partial charge on any atom is 0.258 e. The van der Waals surface area contributed by atoms with Crippen molar-refractivity contribution in [1.82, 2.24) is 10.6 Å². The quantitative estimate of drug-likeness (QED) is 0.527. The molecule has 0 spiro atoms. The maximum absolute atomic E-state index is 13.5. The topological polar surface area (TPSA) is 67.4 Å². The maximum atomic E-state index is 13.5. The van der Waals surface area contributed by atoms with Crippen LogP contribution in [-0.4, -0.2) is 30.0 Å². The van der Waals surface area contributed by atoms with Crippen LogP contribution in [0.2, 0.25) is 15.1 Å². The zero-order valence-electron chi connectivity index (χ0n) is 16.8. The monoisotopic (exact) mass is 496 g/mol. The molecule has 0 aromatic heterocycles. The summed E-state index contributed by atoms with van der Waals surface area (Å²) in [5, 5.41) is 6.90. The average Bonchev–Trinajstić information content (AvgIpc) is 3.23. The van der Waals surface area contributed by atoms with Crippen molar-refractivity contribution in [2.75, 3.05) is 6.61 Å². The Balaban J connectivity index is 1.25. The van der Waals surface area contributed by atoms with Crippen molar-refractivity contribution < 1.29 is 18.7 Å². The predicted octanol–water partition coefficient (Wildman–Crippen LogP) is 5.03. The fourth-order valence-corrected chi connectivity index (χ4v) is 4.80. The molecule has 3 saturated carbocycles. The van der Waals surface area contributed by atoms with Gasteiger partial charge in [0.2, 0.25) is 5.91 Å². The second kappa shape index (κ2) is 9.30. The smallest absolute Gasteiger partial charge is 0.258 e. The highest BCUT2D eigenvalue weighted by Gasteiger charge is 2.57. The summed E-state index contributed by atoms with van der Waals surface area (Å²) in [7, 11) is 0. The lowest BCUT2D eigenvalue weighted by atomic mass is 9.76. The van der Waals surface area contributed by atoms with Gasteiger partial charge in [-0.1, -0.05) is 40.9 Å². The van der Waals surface area contributed by atoms with E-state index in [1.54, 1.807) is 24.3 Å². The summed E-state index contributed by atoms with van der Waals surface area (Å²) in [5.74, 6) is -0.540. The molecule has 5 nitrogen and oxygen atoms in total. The number of carbonyl (C=O) groups is 2. The van der Waals surface area contributed by atoms with Crippen molar-refractivity contribution in [3.8, 4) is 5.75 Å². The van der Waals surface area contributed by atoms with E-state index >= 15 is 0 Å². The second-order valence-corrected chi connectivity index (χ2v) is 9.41. The fraction of sp³-hybridized carbons (Fsp3) is 0.304. The average molecular weight is 498 g/mol. The number of rotatable bonds is 7. The molecule has 3 aliphatic rings. The highest BCUT2D eigenvalue weighted by Crippen LogP contribution is 2.52. The van der Waals surface area contributed by atoms with Crippen molar-refractivity contribution in [2.45, 2.75) is 30.8 Å². The van der Waals surface area contributed by atoms with E-state index in [4.69, 9.17) is 39.5 Å². The molecular weight excluding hydrogens is 478 g/mol. The van der Waals surface area contributed by atoms with E-state index in [2.05, 4.69) is 10.6 Å². The van der Waals surface area contributed by atoms with Gasteiger partial charge in [0.05, 0.1) is 15.1 Å². The van der Waals surface area contributed by atoms with Gasteiger partial charge in [-0.05, 0) is 61.1 Å². The largest absolute Gasteiger partial charge is 0.484 e. The van der Waals surface area contributed by atoms with Gasteiger partial charge in [-0.15, -0.1) is 0 Å². The van der Waals surface area contributed by atoms with Crippen LogP contribution in [0, 0.1) is 11.7 Å². The van der Waals surface area contributed by atoms with Crippen molar-refractivity contribution in [2.24, 2.45) is 5.92 Å². The lowest BCUT2D eigenvalue weighted by Crippen LogP contribution is -2.53. The van der Waals surface area contributed by atoms with E-state index in [9.17, 15) is 14.0 Å². The molecular formula is C23H20Cl3FN2O3. The molecule has 1 atom stereocenters. The van der Waals surface area contributed by atoms with E-state index < -0.39 is 5.82 Å². The zero-order chi connectivity index (χ0) is 22.9. The molecule has 168 valence electrons. The second-order valence-electron chi connectivity index (χ2n) is 8.19. The number of halogens is 4. The van der Waals surface area contributed by atoms with E-state index in [0.717, 1.165) is 24.5 Å². The minimum absolute atomic E-state index is 0.00691. The first kappa shape index (κ1) is 22.9. The standard InChI is InChI=1S/C23H20Cl3FN2O3/c24-16-4-1-13(7-18(16)26)2-6-21(30)28-20-11-23(9-14(20)10-23)29-22(31)12-32-15-3-5-17(25)19(27)8-15/h1-8,14,20H,9-12H2,(H,28,30)(H,29,31)/b6-2+. The molecule has 3 fully saturated rings. The summed E-state index contributed by atoms with van der Waals surface area (Å²) >= 11 is 17.5. The molecule has 0 saturated heterocycles. The first-order valence-corrected chi connectivity index (χ1v) is 11.2. The van der Waals surface area contributed by atoms with Crippen LogP contribution in [0.5, 0.6) is 5.75 Å². The normalized spacial score (nSPS) is 23.6. The third kappa shape index (κ3) is 5.20. The Kier molecular flexibility index (Phi) is 6.65. The number of hydrogen-bond acceptors (Lipinski definition) is 3. The van der Waals surface area contributed by atoms with Crippen LogP contribution in [0.25, 0.3) is 6.08 Å². The summed E-state index contributed by atoms with van der Waals surface area (Å²) in [4.78, 5) is 24.6. The number of nitrogens with one attached hydrogen (secondary N) is 2. The first-order valence-electron chi connectivity index (χ1n) is 10.1.